The van der Waals surface area contributed by atoms with Crippen molar-refractivity contribution in [3.63, 3.8) is 0 Å². The molecule has 0 aliphatic rings. The molecule has 100 valence electrons. The lowest BCUT2D eigenvalue weighted by atomic mass is 10.2. The van der Waals surface area contributed by atoms with Crippen LogP contribution in [0.4, 0.5) is 5.82 Å². The Balaban J connectivity index is 2.15. The van der Waals surface area contributed by atoms with Gasteiger partial charge in [0.05, 0.1) is 0 Å². The van der Waals surface area contributed by atoms with E-state index in [0.717, 1.165) is 34.2 Å². The minimum atomic E-state index is 0.525. The molecular weight excluding hydrogens is 258 g/mol. The summed E-state index contributed by atoms with van der Waals surface area (Å²) in [6, 6.07) is 11.9. The van der Waals surface area contributed by atoms with E-state index in [2.05, 4.69) is 16.0 Å². The van der Waals surface area contributed by atoms with E-state index in [1.807, 2.05) is 44.3 Å². The molecule has 0 saturated heterocycles. The number of aryl methyl sites for hydroxylation is 1. The maximum absolute atomic E-state index is 5.99. The first-order valence-corrected chi connectivity index (χ1v) is 6.60. The van der Waals surface area contributed by atoms with E-state index in [1.165, 1.54) is 0 Å². The summed E-state index contributed by atoms with van der Waals surface area (Å²) in [7, 11) is 2.02. The van der Waals surface area contributed by atoms with Gasteiger partial charge in [0, 0.05) is 30.9 Å². The second-order valence-corrected chi connectivity index (χ2v) is 5.04. The van der Waals surface area contributed by atoms with E-state index < -0.39 is 0 Å². The van der Waals surface area contributed by atoms with E-state index in [9.17, 15) is 0 Å². The number of nitrogens with two attached hydrogens (primary N) is 1. The fraction of sp³-hybridized carbons (Fsp3) is 0.267. The van der Waals surface area contributed by atoms with Gasteiger partial charge in [-0.1, -0.05) is 29.8 Å². The van der Waals surface area contributed by atoms with E-state index in [-0.39, 0.29) is 0 Å². The molecule has 2 N–H and O–H groups in total. The first kappa shape index (κ1) is 13.8. The molecule has 0 fully saturated rings. The molecule has 0 spiro atoms. The van der Waals surface area contributed by atoms with E-state index >= 15 is 0 Å². The first-order chi connectivity index (χ1) is 9.10. The Kier molecular flexibility index (Phi) is 4.40. The molecule has 2 rings (SSSR count). The molecule has 0 aliphatic carbocycles. The van der Waals surface area contributed by atoms with E-state index in [0.29, 0.717) is 6.54 Å². The van der Waals surface area contributed by atoms with Crippen molar-refractivity contribution in [1.82, 2.24) is 4.98 Å². The van der Waals surface area contributed by atoms with Crippen molar-refractivity contribution in [2.45, 2.75) is 20.0 Å². The van der Waals surface area contributed by atoms with Crippen molar-refractivity contribution < 1.29 is 0 Å². The fourth-order valence-electron chi connectivity index (χ4n) is 2.00. The van der Waals surface area contributed by atoms with Crippen LogP contribution < -0.4 is 10.6 Å². The fourth-order valence-corrected chi connectivity index (χ4v) is 2.21. The Labute approximate surface area is 119 Å². The second-order valence-electron chi connectivity index (χ2n) is 4.60. The molecule has 0 unspecified atom stereocenters. The molecule has 4 heteroatoms. The maximum Gasteiger partial charge on any atom is 0.128 e. The third-order valence-corrected chi connectivity index (χ3v) is 3.34. The van der Waals surface area contributed by atoms with Gasteiger partial charge in [-0.2, -0.15) is 0 Å². The number of halogens is 1. The van der Waals surface area contributed by atoms with E-state index in [4.69, 9.17) is 17.3 Å². The van der Waals surface area contributed by atoms with Crippen LogP contribution in [0.3, 0.4) is 0 Å². The summed E-state index contributed by atoms with van der Waals surface area (Å²) in [4.78, 5) is 6.67. The first-order valence-electron chi connectivity index (χ1n) is 6.22. The summed E-state index contributed by atoms with van der Waals surface area (Å²) in [5.74, 6) is 0.940. The molecule has 0 bridgehead atoms. The number of hydrogen-bond acceptors (Lipinski definition) is 3. The van der Waals surface area contributed by atoms with Gasteiger partial charge < -0.3 is 10.6 Å². The summed E-state index contributed by atoms with van der Waals surface area (Å²) in [5, 5.41) is 0.758. The molecule has 1 heterocycles. The van der Waals surface area contributed by atoms with Gasteiger partial charge in [0.2, 0.25) is 0 Å². The Morgan fingerprint density at radius 2 is 2.05 bits per heavy atom. The molecule has 2 aromatic rings. The lowest BCUT2D eigenvalue weighted by Gasteiger charge is -2.19. The topological polar surface area (TPSA) is 42.2 Å². The highest BCUT2D eigenvalue weighted by Gasteiger charge is 2.06. The smallest absolute Gasteiger partial charge is 0.128 e. The molecule has 1 aromatic heterocycles. The highest BCUT2D eigenvalue weighted by atomic mass is 35.5. The Hall–Kier alpha value is -1.58. The molecule has 1 aromatic carbocycles. The quantitative estimate of drug-likeness (QED) is 0.932. The van der Waals surface area contributed by atoms with Gasteiger partial charge in [-0.15, -0.1) is 0 Å². The summed E-state index contributed by atoms with van der Waals surface area (Å²) in [5.41, 5.74) is 8.88. The van der Waals surface area contributed by atoms with Crippen molar-refractivity contribution in [3.8, 4) is 0 Å². The highest BCUT2D eigenvalue weighted by molar-refractivity contribution is 6.30. The van der Waals surface area contributed by atoms with Crippen LogP contribution in [0.1, 0.15) is 16.8 Å². The monoisotopic (exact) mass is 275 g/mol. The Bertz CT molecular complexity index is 569. The molecule has 0 aliphatic heterocycles. The van der Waals surface area contributed by atoms with Crippen LogP contribution >= 0.6 is 11.6 Å². The van der Waals surface area contributed by atoms with Crippen molar-refractivity contribution in [3.05, 3.63) is 58.2 Å². The molecular formula is C15H18ClN3. The van der Waals surface area contributed by atoms with Crippen LogP contribution in [0.25, 0.3) is 0 Å². The zero-order valence-electron chi connectivity index (χ0n) is 11.2. The average Bonchev–Trinajstić information content (AvgIpc) is 2.38. The van der Waals surface area contributed by atoms with Gasteiger partial charge in [-0.05, 0) is 36.2 Å². The average molecular weight is 276 g/mol. The standard InChI is InChI=1S/C15H18ClN3/c1-11-13(9-17)6-7-15(18-11)19(2)10-12-4-3-5-14(16)8-12/h3-8H,9-10,17H2,1-2H3. The van der Waals surface area contributed by atoms with Crippen molar-refractivity contribution in [1.29, 1.82) is 0 Å². The number of anilines is 1. The summed E-state index contributed by atoms with van der Waals surface area (Å²) < 4.78 is 0. The maximum atomic E-state index is 5.99. The van der Waals surface area contributed by atoms with Crippen molar-refractivity contribution >= 4 is 17.4 Å². The largest absolute Gasteiger partial charge is 0.355 e. The minimum absolute atomic E-state index is 0.525. The number of benzene rings is 1. The Morgan fingerprint density at radius 1 is 1.26 bits per heavy atom. The summed E-state index contributed by atoms with van der Waals surface area (Å²) >= 11 is 5.99. The minimum Gasteiger partial charge on any atom is -0.355 e. The van der Waals surface area contributed by atoms with Gasteiger partial charge in [0.15, 0.2) is 0 Å². The van der Waals surface area contributed by atoms with Crippen LogP contribution in [-0.4, -0.2) is 12.0 Å². The van der Waals surface area contributed by atoms with Crippen LogP contribution in [-0.2, 0) is 13.1 Å². The predicted octanol–water partition coefficient (Wildman–Crippen LogP) is 3.14. The lowest BCUT2D eigenvalue weighted by Crippen LogP contribution is -2.18. The van der Waals surface area contributed by atoms with Crippen molar-refractivity contribution in [2.24, 2.45) is 5.73 Å². The third-order valence-electron chi connectivity index (χ3n) is 3.10. The number of pyridine rings is 1. The molecule has 0 atom stereocenters. The molecule has 19 heavy (non-hydrogen) atoms. The van der Waals surface area contributed by atoms with Gasteiger partial charge in [0.1, 0.15) is 5.82 Å². The molecule has 3 nitrogen and oxygen atoms in total. The van der Waals surface area contributed by atoms with Crippen LogP contribution in [0.2, 0.25) is 5.02 Å². The highest BCUT2D eigenvalue weighted by Crippen LogP contribution is 2.17. The van der Waals surface area contributed by atoms with Gasteiger partial charge in [-0.25, -0.2) is 4.98 Å². The van der Waals surface area contributed by atoms with Crippen LogP contribution in [0.5, 0.6) is 0 Å². The Morgan fingerprint density at radius 3 is 2.68 bits per heavy atom. The zero-order chi connectivity index (χ0) is 13.8. The number of nitrogens with zero attached hydrogens (tertiary/aromatic N) is 2. The summed E-state index contributed by atoms with van der Waals surface area (Å²) in [6.07, 6.45) is 0. The zero-order valence-corrected chi connectivity index (χ0v) is 12.0. The van der Waals surface area contributed by atoms with Crippen LogP contribution in [0.15, 0.2) is 36.4 Å². The molecule has 0 radical (unpaired) electrons. The van der Waals surface area contributed by atoms with Gasteiger partial charge >= 0.3 is 0 Å². The second kappa shape index (κ2) is 6.04. The summed E-state index contributed by atoms with van der Waals surface area (Å²) in [6.45, 7) is 3.28. The number of rotatable bonds is 4. The third kappa shape index (κ3) is 3.46. The lowest BCUT2D eigenvalue weighted by molar-refractivity contribution is 0.884. The predicted molar refractivity (Wildman–Crippen MR) is 80.4 cm³/mol. The van der Waals surface area contributed by atoms with E-state index in [1.54, 1.807) is 0 Å². The SMILES string of the molecule is Cc1nc(N(C)Cc2cccc(Cl)c2)ccc1CN. The van der Waals surface area contributed by atoms with Gasteiger partial charge in [-0.3, -0.25) is 0 Å². The van der Waals surface area contributed by atoms with Gasteiger partial charge in [0.25, 0.3) is 0 Å². The normalized spacial score (nSPS) is 10.5. The van der Waals surface area contributed by atoms with Crippen LogP contribution in [0, 0.1) is 6.92 Å². The molecule has 0 amide bonds. The number of hydrogen-bond donors (Lipinski definition) is 1. The molecule has 0 saturated carbocycles. The number of aromatic nitrogens is 1. The van der Waals surface area contributed by atoms with Crippen molar-refractivity contribution in [2.75, 3.05) is 11.9 Å².